The van der Waals surface area contributed by atoms with Crippen LogP contribution < -0.4 is 9.47 Å². The van der Waals surface area contributed by atoms with Crippen LogP contribution in [-0.2, 0) is 22.7 Å². The number of esters is 1. The third-order valence-corrected chi connectivity index (χ3v) is 5.00. The van der Waals surface area contributed by atoms with Crippen LogP contribution in [0.2, 0.25) is 0 Å². The van der Waals surface area contributed by atoms with Gasteiger partial charge in [-0.3, -0.25) is 0 Å². The van der Waals surface area contributed by atoms with E-state index in [0.717, 1.165) is 34.6 Å². The molecule has 0 aliphatic rings. The minimum absolute atomic E-state index is 0.0297. The van der Waals surface area contributed by atoms with Crippen LogP contribution in [0, 0.1) is 38.0 Å². The average molecular weight is 411 g/mol. The van der Waals surface area contributed by atoms with Gasteiger partial charge in [-0.1, -0.05) is 13.8 Å². The second-order valence-corrected chi connectivity index (χ2v) is 7.71. The van der Waals surface area contributed by atoms with E-state index in [4.69, 9.17) is 14.2 Å². The second kappa shape index (κ2) is 10.0. The van der Waals surface area contributed by atoms with Crippen LogP contribution in [0.4, 0.5) is 0 Å². The Balaban J connectivity index is 2.21. The Kier molecular flexibility index (Phi) is 7.71. The molecule has 30 heavy (non-hydrogen) atoms. The summed E-state index contributed by atoms with van der Waals surface area (Å²) in [5.41, 5.74) is 4.63. The number of carbonyl (C=O) groups is 1. The van der Waals surface area contributed by atoms with Gasteiger partial charge in [-0.25, -0.2) is 4.79 Å². The van der Waals surface area contributed by atoms with Gasteiger partial charge in [-0.2, -0.15) is 5.26 Å². The Morgan fingerprint density at radius 3 is 2.33 bits per heavy atom. The molecule has 6 nitrogen and oxygen atoms in total. The van der Waals surface area contributed by atoms with Crippen LogP contribution in [0.3, 0.4) is 0 Å². The van der Waals surface area contributed by atoms with Crippen molar-refractivity contribution in [3.05, 3.63) is 51.9 Å². The molecule has 2 aromatic rings. The largest absolute Gasteiger partial charge is 0.493 e. The fourth-order valence-electron chi connectivity index (χ4n) is 3.31. The summed E-state index contributed by atoms with van der Waals surface area (Å²) in [7, 11) is 3.12. The second-order valence-electron chi connectivity index (χ2n) is 7.71. The maximum atomic E-state index is 12.5. The molecule has 2 rings (SSSR count). The maximum Gasteiger partial charge on any atom is 0.349 e. The first-order valence-electron chi connectivity index (χ1n) is 9.88. The molecular formula is C24H30N2O4. The number of hydrogen-bond donors (Lipinski definition) is 0. The summed E-state index contributed by atoms with van der Waals surface area (Å²) in [4.78, 5) is 12.5. The first-order valence-corrected chi connectivity index (χ1v) is 9.88. The van der Waals surface area contributed by atoms with Gasteiger partial charge in [0.05, 0.1) is 14.2 Å². The highest BCUT2D eigenvalue weighted by Gasteiger charge is 2.16. The lowest BCUT2D eigenvalue weighted by atomic mass is 10.1. The van der Waals surface area contributed by atoms with Crippen LogP contribution in [0.1, 0.15) is 41.9 Å². The molecule has 0 amide bonds. The minimum Gasteiger partial charge on any atom is -0.493 e. The van der Waals surface area contributed by atoms with E-state index >= 15 is 0 Å². The van der Waals surface area contributed by atoms with Gasteiger partial charge in [0, 0.05) is 17.9 Å². The van der Waals surface area contributed by atoms with Crippen molar-refractivity contribution in [1.29, 1.82) is 5.26 Å². The first-order chi connectivity index (χ1) is 14.2. The van der Waals surface area contributed by atoms with Gasteiger partial charge in [0.1, 0.15) is 18.2 Å². The Labute approximate surface area is 178 Å². The molecule has 0 saturated heterocycles. The lowest BCUT2D eigenvalue weighted by Gasteiger charge is -2.13. The number of rotatable bonds is 8. The van der Waals surface area contributed by atoms with Crippen molar-refractivity contribution < 1.29 is 19.0 Å². The van der Waals surface area contributed by atoms with Gasteiger partial charge in [-0.15, -0.1) is 0 Å². The summed E-state index contributed by atoms with van der Waals surface area (Å²) >= 11 is 0. The summed E-state index contributed by atoms with van der Waals surface area (Å²) in [6.07, 6.45) is 1.60. The van der Waals surface area contributed by atoms with Crippen LogP contribution >= 0.6 is 0 Å². The summed E-state index contributed by atoms with van der Waals surface area (Å²) in [6, 6.07) is 7.56. The summed E-state index contributed by atoms with van der Waals surface area (Å²) in [5, 5.41) is 9.51. The van der Waals surface area contributed by atoms with Crippen molar-refractivity contribution >= 4 is 12.0 Å². The summed E-state index contributed by atoms with van der Waals surface area (Å²) in [6.45, 7) is 11.2. The standard InChI is InChI=1S/C24H30N2O4/c1-15(2)13-26-17(4)9-19(18(26)5)10-20(12-25)24(27)30-14-21-11-23(29-7)22(28-6)8-16(21)3/h8-11,15H,13-14H2,1-7H3/b20-10+. The third-order valence-electron chi connectivity index (χ3n) is 5.00. The Bertz CT molecular complexity index is 994. The van der Waals surface area contributed by atoms with Crippen LogP contribution in [0.15, 0.2) is 23.8 Å². The van der Waals surface area contributed by atoms with Crippen molar-refractivity contribution in [3.63, 3.8) is 0 Å². The van der Waals surface area contributed by atoms with Crippen LogP contribution in [-0.4, -0.2) is 24.8 Å². The summed E-state index contributed by atoms with van der Waals surface area (Å²) < 4.78 is 18.2. The molecule has 0 fully saturated rings. The Morgan fingerprint density at radius 1 is 1.13 bits per heavy atom. The van der Waals surface area contributed by atoms with E-state index in [0.29, 0.717) is 17.4 Å². The number of aryl methyl sites for hydroxylation is 2. The molecule has 160 valence electrons. The van der Waals surface area contributed by atoms with Gasteiger partial charge >= 0.3 is 5.97 Å². The number of methoxy groups -OCH3 is 2. The Morgan fingerprint density at radius 2 is 1.77 bits per heavy atom. The quantitative estimate of drug-likeness (QED) is 0.357. The van der Waals surface area contributed by atoms with Gasteiger partial charge in [0.15, 0.2) is 11.5 Å². The van der Waals surface area contributed by atoms with Crippen molar-refractivity contribution in [2.45, 2.75) is 47.8 Å². The van der Waals surface area contributed by atoms with Crippen LogP contribution in [0.25, 0.3) is 6.08 Å². The SMILES string of the molecule is COc1cc(C)c(COC(=O)/C(C#N)=C/c2cc(C)n(CC(C)C)c2C)cc1OC. The molecular weight excluding hydrogens is 380 g/mol. The number of ether oxygens (including phenoxy) is 3. The zero-order chi connectivity index (χ0) is 22.4. The molecule has 1 aromatic carbocycles. The number of nitrogens with zero attached hydrogens (tertiary/aromatic N) is 2. The number of benzene rings is 1. The third kappa shape index (κ3) is 5.24. The van der Waals surface area contributed by atoms with Gasteiger partial charge in [-0.05, 0) is 67.7 Å². The molecule has 1 aromatic heterocycles. The average Bonchev–Trinajstić information content (AvgIpc) is 2.97. The monoisotopic (exact) mass is 410 g/mol. The van der Waals surface area contributed by atoms with Crippen molar-refractivity contribution in [2.24, 2.45) is 5.92 Å². The molecule has 0 spiro atoms. The lowest BCUT2D eigenvalue weighted by molar-refractivity contribution is -0.139. The molecule has 1 heterocycles. The molecule has 0 N–H and O–H groups in total. The van der Waals surface area contributed by atoms with E-state index in [1.165, 1.54) is 0 Å². The topological polar surface area (TPSA) is 73.5 Å². The molecule has 6 heteroatoms. The van der Waals surface area contributed by atoms with E-state index in [-0.39, 0.29) is 12.2 Å². The van der Waals surface area contributed by atoms with E-state index < -0.39 is 5.97 Å². The van der Waals surface area contributed by atoms with Gasteiger partial charge in [0.2, 0.25) is 0 Å². The van der Waals surface area contributed by atoms with Crippen molar-refractivity contribution in [1.82, 2.24) is 4.57 Å². The molecule has 0 aliphatic heterocycles. The van der Waals surface area contributed by atoms with Crippen LogP contribution in [0.5, 0.6) is 11.5 Å². The molecule has 0 unspecified atom stereocenters. The molecule has 0 atom stereocenters. The van der Waals surface area contributed by atoms with E-state index in [1.54, 1.807) is 26.4 Å². The fraction of sp³-hybridized carbons (Fsp3) is 0.417. The minimum atomic E-state index is -0.652. The number of aromatic nitrogens is 1. The van der Waals surface area contributed by atoms with Gasteiger partial charge < -0.3 is 18.8 Å². The maximum absolute atomic E-state index is 12.5. The smallest absolute Gasteiger partial charge is 0.349 e. The highest BCUT2D eigenvalue weighted by molar-refractivity contribution is 5.98. The predicted octanol–water partition coefficient (Wildman–Crippen LogP) is 4.74. The molecule has 0 aliphatic carbocycles. The highest BCUT2D eigenvalue weighted by atomic mass is 16.5. The normalized spacial score (nSPS) is 11.4. The van der Waals surface area contributed by atoms with Crippen molar-refractivity contribution in [2.75, 3.05) is 14.2 Å². The first kappa shape index (κ1) is 23.1. The molecule has 0 radical (unpaired) electrons. The van der Waals surface area contributed by atoms with E-state index in [2.05, 4.69) is 18.4 Å². The van der Waals surface area contributed by atoms with Gasteiger partial charge in [0.25, 0.3) is 0 Å². The molecule has 0 bridgehead atoms. The van der Waals surface area contributed by atoms with E-state index in [1.807, 2.05) is 39.0 Å². The zero-order valence-electron chi connectivity index (χ0n) is 18.8. The summed E-state index contributed by atoms with van der Waals surface area (Å²) in [5.74, 6) is 1.01. The fourth-order valence-corrected chi connectivity index (χ4v) is 3.31. The zero-order valence-corrected chi connectivity index (χ0v) is 18.8. The number of hydrogen-bond acceptors (Lipinski definition) is 5. The lowest BCUT2D eigenvalue weighted by Crippen LogP contribution is -2.09. The molecule has 0 saturated carbocycles. The highest BCUT2D eigenvalue weighted by Crippen LogP contribution is 2.30. The van der Waals surface area contributed by atoms with E-state index in [9.17, 15) is 10.1 Å². The predicted molar refractivity (Wildman–Crippen MR) is 116 cm³/mol. The number of carbonyl (C=O) groups excluding carboxylic acids is 1. The number of nitriles is 1. The van der Waals surface area contributed by atoms with Crippen molar-refractivity contribution in [3.8, 4) is 17.6 Å². The Hall–Kier alpha value is -3.20.